The third kappa shape index (κ3) is 5.61. The van der Waals surface area contributed by atoms with Gasteiger partial charge in [0.05, 0.1) is 6.61 Å². The average molecular weight is 318 g/mol. The van der Waals surface area contributed by atoms with Crippen LogP contribution >= 0.6 is 0 Å². The maximum Gasteiger partial charge on any atom is 0.0608 e. The lowest BCUT2D eigenvalue weighted by Gasteiger charge is -2.26. The summed E-state index contributed by atoms with van der Waals surface area (Å²) in [6.45, 7) is 4.29. The molecule has 0 fully saturated rings. The standard InChI is InChI=1S/C21H35NO/c1-3-4-5-6-7-8-9-17-10-13-20-18(14-17)11-12-19(20)15-21(2,22)16-23/h10,13-14,19,23H,3-9,11-12,15-16,22H2,1-2H3/t19-,21-/m0/s1. The topological polar surface area (TPSA) is 46.2 Å². The Morgan fingerprint density at radius 3 is 2.65 bits per heavy atom. The summed E-state index contributed by atoms with van der Waals surface area (Å²) in [5.74, 6) is 0.523. The summed E-state index contributed by atoms with van der Waals surface area (Å²) in [4.78, 5) is 0. The monoisotopic (exact) mass is 317 g/mol. The molecule has 1 aromatic carbocycles. The average Bonchev–Trinajstić information content (AvgIpc) is 2.92. The number of aryl methyl sites for hydroxylation is 2. The smallest absolute Gasteiger partial charge is 0.0608 e. The molecule has 1 aromatic rings. The van der Waals surface area contributed by atoms with Crippen molar-refractivity contribution >= 4 is 0 Å². The van der Waals surface area contributed by atoms with Gasteiger partial charge in [0.2, 0.25) is 0 Å². The van der Waals surface area contributed by atoms with Crippen molar-refractivity contribution in [3.05, 3.63) is 34.9 Å². The first-order chi connectivity index (χ1) is 11.1. The minimum Gasteiger partial charge on any atom is -0.394 e. The molecule has 2 heteroatoms. The van der Waals surface area contributed by atoms with E-state index in [9.17, 15) is 5.11 Å². The van der Waals surface area contributed by atoms with Crippen molar-refractivity contribution in [2.24, 2.45) is 5.73 Å². The van der Waals surface area contributed by atoms with Gasteiger partial charge in [-0.1, -0.05) is 57.2 Å². The predicted molar refractivity (Wildman–Crippen MR) is 98.9 cm³/mol. The Kier molecular flexibility index (Phi) is 7.10. The molecule has 0 radical (unpaired) electrons. The molecule has 3 N–H and O–H groups in total. The lowest BCUT2D eigenvalue weighted by Crippen LogP contribution is -2.41. The van der Waals surface area contributed by atoms with E-state index >= 15 is 0 Å². The summed E-state index contributed by atoms with van der Waals surface area (Å²) in [5.41, 5.74) is 10.2. The Labute approximate surface area is 142 Å². The van der Waals surface area contributed by atoms with Crippen LogP contribution in [0.15, 0.2) is 18.2 Å². The fourth-order valence-corrected chi connectivity index (χ4v) is 3.86. The molecule has 0 heterocycles. The molecule has 1 aliphatic rings. The molecule has 1 aliphatic carbocycles. The molecule has 0 aliphatic heterocycles. The van der Waals surface area contributed by atoms with E-state index in [0.717, 1.165) is 6.42 Å². The molecular formula is C21H35NO. The van der Waals surface area contributed by atoms with E-state index in [4.69, 9.17) is 5.73 Å². The molecule has 0 amide bonds. The second-order valence-corrected chi connectivity index (χ2v) is 7.80. The van der Waals surface area contributed by atoms with Crippen LogP contribution < -0.4 is 5.73 Å². The van der Waals surface area contributed by atoms with E-state index in [0.29, 0.717) is 5.92 Å². The van der Waals surface area contributed by atoms with Crippen molar-refractivity contribution < 1.29 is 5.11 Å². The fraction of sp³-hybridized carbons (Fsp3) is 0.714. The lowest BCUT2D eigenvalue weighted by atomic mass is 9.86. The normalized spacial score (nSPS) is 19.6. The number of hydrogen-bond donors (Lipinski definition) is 2. The van der Waals surface area contributed by atoms with E-state index in [1.54, 1.807) is 0 Å². The maximum absolute atomic E-state index is 9.40. The van der Waals surface area contributed by atoms with Gasteiger partial charge >= 0.3 is 0 Å². The van der Waals surface area contributed by atoms with Gasteiger partial charge in [0.1, 0.15) is 0 Å². The van der Waals surface area contributed by atoms with Crippen molar-refractivity contribution in [1.82, 2.24) is 0 Å². The molecule has 0 aromatic heterocycles. The highest BCUT2D eigenvalue weighted by Crippen LogP contribution is 2.38. The third-order valence-electron chi connectivity index (χ3n) is 5.30. The molecule has 2 atom stereocenters. The number of hydrogen-bond acceptors (Lipinski definition) is 2. The van der Waals surface area contributed by atoms with Crippen LogP contribution in [0.5, 0.6) is 0 Å². The van der Waals surface area contributed by atoms with E-state index < -0.39 is 5.54 Å². The van der Waals surface area contributed by atoms with Crippen LogP contribution in [0, 0.1) is 0 Å². The number of nitrogens with two attached hydrogens (primary N) is 1. The van der Waals surface area contributed by atoms with Crippen molar-refractivity contribution in [3.8, 4) is 0 Å². The van der Waals surface area contributed by atoms with E-state index in [1.165, 1.54) is 74.5 Å². The Morgan fingerprint density at radius 2 is 1.91 bits per heavy atom. The Hall–Kier alpha value is -0.860. The Morgan fingerprint density at radius 1 is 1.17 bits per heavy atom. The minimum atomic E-state index is -0.455. The molecule has 2 nitrogen and oxygen atoms in total. The number of unbranched alkanes of at least 4 members (excludes halogenated alkanes) is 5. The zero-order valence-corrected chi connectivity index (χ0v) is 15.1. The van der Waals surface area contributed by atoms with Gasteiger partial charge < -0.3 is 10.8 Å². The number of rotatable bonds is 10. The van der Waals surface area contributed by atoms with Crippen LogP contribution in [0.4, 0.5) is 0 Å². The van der Waals surface area contributed by atoms with Crippen LogP contribution in [0.25, 0.3) is 0 Å². The van der Waals surface area contributed by atoms with Crippen LogP contribution in [0.2, 0.25) is 0 Å². The van der Waals surface area contributed by atoms with E-state index in [-0.39, 0.29) is 6.61 Å². The number of fused-ring (bicyclic) bond motifs is 1. The Balaban J connectivity index is 1.84. The first-order valence-corrected chi connectivity index (χ1v) is 9.57. The largest absolute Gasteiger partial charge is 0.394 e. The highest BCUT2D eigenvalue weighted by molar-refractivity contribution is 5.38. The van der Waals surface area contributed by atoms with Gasteiger partial charge in [-0.3, -0.25) is 0 Å². The third-order valence-corrected chi connectivity index (χ3v) is 5.30. The first-order valence-electron chi connectivity index (χ1n) is 9.57. The number of benzene rings is 1. The van der Waals surface area contributed by atoms with Crippen molar-refractivity contribution in [2.45, 2.75) is 89.5 Å². The van der Waals surface area contributed by atoms with Crippen LogP contribution in [0.3, 0.4) is 0 Å². The van der Waals surface area contributed by atoms with Crippen molar-refractivity contribution in [3.63, 3.8) is 0 Å². The van der Waals surface area contributed by atoms with E-state index in [2.05, 4.69) is 25.1 Å². The quantitative estimate of drug-likeness (QED) is 0.613. The molecule has 0 saturated carbocycles. The SMILES string of the molecule is CCCCCCCCc1ccc2c(c1)CC[C@H]2C[C@](C)(N)CO. The molecule has 130 valence electrons. The highest BCUT2D eigenvalue weighted by Gasteiger charge is 2.29. The molecule has 2 rings (SSSR count). The summed E-state index contributed by atoms with van der Waals surface area (Å²) in [5, 5.41) is 9.40. The summed E-state index contributed by atoms with van der Waals surface area (Å²) in [6, 6.07) is 7.07. The van der Waals surface area contributed by atoms with Crippen molar-refractivity contribution in [2.75, 3.05) is 6.61 Å². The zero-order chi connectivity index (χ0) is 16.7. The van der Waals surface area contributed by atoms with Gasteiger partial charge in [-0.2, -0.15) is 0 Å². The van der Waals surface area contributed by atoms with E-state index in [1.807, 2.05) is 6.92 Å². The fourth-order valence-electron chi connectivity index (χ4n) is 3.86. The molecular weight excluding hydrogens is 282 g/mol. The minimum absolute atomic E-state index is 0.0644. The number of aliphatic hydroxyl groups excluding tert-OH is 1. The van der Waals surface area contributed by atoms with Gasteiger partial charge in [-0.05, 0) is 61.6 Å². The molecule has 0 spiro atoms. The van der Waals surface area contributed by atoms with Crippen molar-refractivity contribution in [1.29, 1.82) is 0 Å². The second kappa shape index (κ2) is 8.84. The van der Waals surface area contributed by atoms with Crippen LogP contribution in [-0.4, -0.2) is 17.3 Å². The summed E-state index contributed by atoms with van der Waals surface area (Å²) >= 11 is 0. The van der Waals surface area contributed by atoms with Gasteiger partial charge in [-0.25, -0.2) is 0 Å². The predicted octanol–water partition coefficient (Wildman–Crippen LogP) is 4.72. The summed E-state index contributed by atoms with van der Waals surface area (Å²) in [7, 11) is 0. The van der Waals surface area contributed by atoms with Gasteiger partial charge in [0.15, 0.2) is 0 Å². The highest BCUT2D eigenvalue weighted by atomic mass is 16.3. The second-order valence-electron chi connectivity index (χ2n) is 7.80. The molecule has 0 unspecified atom stereocenters. The molecule has 0 saturated heterocycles. The zero-order valence-electron chi connectivity index (χ0n) is 15.1. The van der Waals surface area contributed by atoms with Gasteiger partial charge in [-0.15, -0.1) is 0 Å². The van der Waals surface area contributed by atoms with Crippen LogP contribution in [0.1, 0.15) is 87.8 Å². The lowest BCUT2D eigenvalue weighted by molar-refractivity contribution is 0.192. The van der Waals surface area contributed by atoms with Crippen LogP contribution in [-0.2, 0) is 12.8 Å². The molecule has 0 bridgehead atoms. The van der Waals surface area contributed by atoms with Gasteiger partial charge in [0, 0.05) is 5.54 Å². The van der Waals surface area contributed by atoms with Gasteiger partial charge in [0.25, 0.3) is 0 Å². The maximum atomic E-state index is 9.40. The molecule has 23 heavy (non-hydrogen) atoms. The summed E-state index contributed by atoms with van der Waals surface area (Å²) < 4.78 is 0. The summed E-state index contributed by atoms with van der Waals surface area (Å²) in [6.07, 6.45) is 12.6. The number of aliphatic hydroxyl groups is 1. The Bertz CT molecular complexity index is 481. The first kappa shape index (κ1) is 18.5.